The van der Waals surface area contributed by atoms with Gasteiger partial charge in [0.15, 0.2) is 0 Å². The van der Waals surface area contributed by atoms with Crippen LogP contribution in [0.2, 0.25) is 0 Å². The van der Waals surface area contributed by atoms with E-state index in [1.54, 1.807) is 6.07 Å². The van der Waals surface area contributed by atoms with Gasteiger partial charge in [-0.3, -0.25) is 4.79 Å². The van der Waals surface area contributed by atoms with Crippen LogP contribution >= 0.6 is 0 Å². The Bertz CT molecular complexity index is 293. The number of alkyl halides is 3. The number of benzene rings is 1. The van der Waals surface area contributed by atoms with Gasteiger partial charge in [0.1, 0.15) is 0 Å². The van der Waals surface area contributed by atoms with E-state index < -0.39 is 11.7 Å². The molecule has 84 valence electrons. The second-order valence-electron chi connectivity index (χ2n) is 2.56. The highest BCUT2D eigenvalue weighted by molar-refractivity contribution is 5.65. The van der Waals surface area contributed by atoms with Gasteiger partial charge in [0.2, 0.25) is 0 Å². The van der Waals surface area contributed by atoms with E-state index in [0.29, 0.717) is 0 Å². The Morgan fingerprint density at radius 3 is 1.80 bits per heavy atom. The summed E-state index contributed by atoms with van der Waals surface area (Å²) in [4.78, 5) is 9.59. The maximum Gasteiger partial charge on any atom is 0.416 e. The largest absolute Gasteiger partial charge is 0.469 e. The van der Waals surface area contributed by atoms with Crippen molar-refractivity contribution < 1.29 is 22.7 Å². The van der Waals surface area contributed by atoms with Gasteiger partial charge in [-0.15, -0.1) is 0 Å². The van der Waals surface area contributed by atoms with Gasteiger partial charge in [-0.2, -0.15) is 13.2 Å². The number of hydrogen-bond acceptors (Lipinski definition) is 2. The fraction of sp³-hybridized carbons (Fsp3) is 0.300. The molecule has 0 unspecified atom stereocenters. The molecule has 0 fully saturated rings. The first-order chi connectivity index (χ1) is 6.88. The van der Waals surface area contributed by atoms with Crippen LogP contribution in [0, 0.1) is 0 Å². The lowest BCUT2D eigenvalue weighted by Crippen LogP contribution is -2.03. The molecule has 0 amide bonds. The second kappa shape index (κ2) is 6.06. The van der Waals surface area contributed by atoms with Crippen molar-refractivity contribution in [1.29, 1.82) is 0 Å². The number of hydrogen-bond donors (Lipinski definition) is 0. The number of esters is 1. The van der Waals surface area contributed by atoms with Gasteiger partial charge in [0.25, 0.3) is 0 Å². The molecule has 0 radical (unpaired) electrons. The van der Waals surface area contributed by atoms with Crippen molar-refractivity contribution in [2.45, 2.75) is 13.1 Å². The minimum absolute atomic E-state index is 0.245. The topological polar surface area (TPSA) is 26.3 Å². The smallest absolute Gasteiger partial charge is 0.416 e. The van der Waals surface area contributed by atoms with Crippen LogP contribution in [0.25, 0.3) is 0 Å². The van der Waals surface area contributed by atoms with Gasteiger partial charge in [-0.1, -0.05) is 30.3 Å². The molecule has 0 aliphatic rings. The van der Waals surface area contributed by atoms with E-state index in [2.05, 4.69) is 4.74 Å². The molecule has 0 N–H and O–H groups in total. The third-order valence-corrected chi connectivity index (χ3v) is 1.39. The van der Waals surface area contributed by atoms with Crippen molar-refractivity contribution in [1.82, 2.24) is 0 Å². The highest BCUT2D eigenvalue weighted by Crippen LogP contribution is 2.28. The van der Waals surface area contributed by atoms with E-state index in [-0.39, 0.29) is 5.97 Å². The average molecular weight is 220 g/mol. The number of methoxy groups -OCH3 is 1. The zero-order chi connectivity index (χ0) is 11.9. The van der Waals surface area contributed by atoms with Gasteiger partial charge in [-0.05, 0) is 0 Å². The molecule has 15 heavy (non-hydrogen) atoms. The number of carbonyl (C=O) groups is 1. The summed E-state index contributed by atoms with van der Waals surface area (Å²) in [7, 11) is 1.35. The maximum absolute atomic E-state index is 11.8. The summed E-state index contributed by atoms with van der Waals surface area (Å²) in [6.07, 6.45) is -4.21. The molecule has 0 bridgehead atoms. The van der Waals surface area contributed by atoms with E-state index in [4.69, 9.17) is 0 Å². The molecular weight excluding hydrogens is 209 g/mol. The standard InChI is InChI=1S/C7H5F3.C3H6O2/c8-7(9,10)6-4-2-1-3-5-6;1-3(4)5-2/h1-5H;1-2H3. The SMILES string of the molecule is COC(C)=O.FC(F)(F)c1ccccc1. The number of carbonyl (C=O) groups excluding carboxylic acids is 1. The van der Waals surface area contributed by atoms with E-state index in [1.807, 2.05) is 0 Å². The maximum atomic E-state index is 11.8. The molecule has 0 saturated carbocycles. The van der Waals surface area contributed by atoms with Crippen LogP contribution in [0.1, 0.15) is 12.5 Å². The fourth-order valence-corrected chi connectivity index (χ4v) is 0.627. The van der Waals surface area contributed by atoms with Crippen LogP contribution in [0.4, 0.5) is 13.2 Å². The lowest BCUT2D eigenvalue weighted by molar-refractivity contribution is -0.138. The lowest BCUT2D eigenvalue weighted by atomic mass is 10.2. The van der Waals surface area contributed by atoms with Crippen LogP contribution in [0.3, 0.4) is 0 Å². The number of ether oxygens (including phenoxy) is 1. The first kappa shape index (κ1) is 13.5. The summed E-state index contributed by atoms with van der Waals surface area (Å²) >= 11 is 0. The normalized spacial score (nSPS) is 9.93. The minimum Gasteiger partial charge on any atom is -0.469 e. The highest BCUT2D eigenvalue weighted by atomic mass is 19.4. The summed E-state index contributed by atoms with van der Waals surface area (Å²) in [5, 5.41) is 0. The average Bonchev–Trinajstić information content (AvgIpc) is 2.19. The molecular formula is C10H11F3O2. The molecule has 0 aliphatic carbocycles. The molecule has 0 spiro atoms. The molecule has 5 heteroatoms. The summed E-state index contributed by atoms with van der Waals surface area (Å²) in [5.41, 5.74) is -0.602. The Morgan fingerprint density at radius 1 is 1.20 bits per heavy atom. The minimum atomic E-state index is -4.21. The van der Waals surface area contributed by atoms with Crippen molar-refractivity contribution in [2.24, 2.45) is 0 Å². The van der Waals surface area contributed by atoms with Crippen LogP contribution < -0.4 is 0 Å². The molecule has 1 aromatic carbocycles. The van der Waals surface area contributed by atoms with E-state index in [0.717, 1.165) is 12.1 Å². The molecule has 0 saturated heterocycles. The zero-order valence-electron chi connectivity index (χ0n) is 8.34. The Morgan fingerprint density at radius 2 is 1.60 bits per heavy atom. The van der Waals surface area contributed by atoms with Gasteiger partial charge >= 0.3 is 12.1 Å². The van der Waals surface area contributed by atoms with Crippen LogP contribution in [-0.2, 0) is 15.7 Å². The van der Waals surface area contributed by atoms with E-state index in [1.165, 1.54) is 26.2 Å². The Labute approximate surface area is 85.7 Å². The molecule has 0 atom stereocenters. The van der Waals surface area contributed by atoms with Crippen molar-refractivity contribution >= 4 is 5.97 Å². The molecule has 2 nitrogen and oxygen atoms in total. The molecule has 1 rings (SSSR count). The lowest BCUT2D eigenvalue weighted by Gasteiger charge is -2.03. The fourth-order valence-electron chi connectivity index (χ4n) is 0.627. The van der Waals surface area contributed by atoms with Crippen LogP contribution in [0.15, 0.2) is 30.3 Å². The van der Waals surface area contributed by atoms with Crippen molar-refractivity contribution in [2.75, 3.05) is 7.11 Å². The predicted octanol–water partition coefficient (Wildman–Crippen LogP) is 2.88. The molecule has 1 aromatic rings. The van der Waals surface area contributed by atoms with Crippen molar-refractivity contribution in [3.05, 3.63) is 35.9 Å². The number of rotatable bonds is 0. The Balaban J connectivity index is 0.000000336. The third-order valence-electron chi connectivity index (χ3n) is 1.39. The third kappa shape index (κ3) is 6.54. The molecule has 0 aromatic heterocycles. The predicted molar refractivity (Wildman–Crippen MR) is 49.1 cm³/mol. The van der Waals surface area contributed by atoms with E-state index >= 15 is 0 Å². The zero-order valence-corrected chi connectivity index (χ0v) is 8.34. The van der Waals surface area contributed by atoms with Crippen molar-refractivity contribution in [3.63, 3.8) is 0 Å². The molecule has 0 heterocycles. The highest BCUT2D eigenvalue weighted by Gasteiger charge is 2.29. The number of halogens is 3. The summed E-state index contributed by atoms with van der Waals surface area (Å²) in [5.74, 6) is -0.245. The van der Waals surface area contributed by atoms with Crippen LogP contribution in [0.5, 0.6) is 0 Å². The van der Waals surface area contributed by atoms with Gasteiger partial charge in [0.05, 0.1) is 12.7 Å². The second-order valence-corrected chi connectivity index (χ2v) is 2.56. The first-order valence-electron chi connectivity index (χ1n) is 4.04. The van der Waals surface area contributed by atoms with E-state index in [9.17, 15) is 18.0 Å². The summed E-state index contributed by atoms with van der Waals surface area (Å²) < 4.78 is 39.5. The van der Waals surface area contributed by atoms with Crippen LogP contribution in [-0.4, -0.2) is 13.1 Å². The van der Waals surface area contributed by atoms with Gasteiger partial charge in [0, 0.05) is 6.92 Å². The van der Waals surface area contributed by atoms with Crippen molar-refractivity contribution in [3.8, 4) is 0 Å². The summed E-state index contributed by atoms with van der Waals surface area (Å²) in [6, 6.07) is 6.36. The van der Waals surface area contributed by atoms with Gasteiger partial charge in [-0.25, -0.2) is 0 Å². The quantitative estimate of drug-likeness (QED) is 0.628. The first-order valence-corrected chi connectivity index (χ1v) is 4.04. The molecule has 0 aliphatic heterocycles. The monoisotopic (exact) mass is 220 g/mol. The summed E-state index contributed by atoms with van der Waals surface area (Å²) in [6.45, 7) is 1.36. The van der Waals surface area contributed by atoms with Gasteiger partial charge < -0.3 is 4.74 Å². The Kier molecular flexibility index (Phi) is 5.44. The Hall–Kier alpha value is -1.52.